The maximum Gasteiger partial charge on any atom is 0.0931 e. The molecule has 0 aliphatic carbocycles. The fraction of sp³-hybridized carbons (Fsp3) is 0.273. The van der Waals surface area contributed by atoms with Gasteiger partial charge in [-0.3, -0.25) is 0 Å². The molecule has 2 rings (SSSR count). The van der Waals surface area contributed by atoms with Crippen molar-refractivity contribution in [3.05, 3.63) is 38.9 Å². The highest BCUT2D eigenvalue weighted by Gasteiger charge is 2.19. The molecule has 2 unspecified atom stereocenters. The van der Waals surface area contributed by atoms with Gasteiger partial charge in [0.25, 0.3) is 0 Å². The summed E-state index contributed by atoms with van der Waals surface area (Å²) in [7, 11) is 0. The van der Waals surface area contributed by atoms with Crippen LogP contribution in [0.5, 0.6) is 0 Å². The number of hydrogen-bond acceptors (Lipinski definition) is 4. The minimum atomic E-state index is 0.113. The molecule has 0 radical (unpaired) electrons. The molecule has 0 bridgehead atoms. The third-order valence-electron chi connectivity index (χ3n) is 2.09. The van der Waals surface area contributed by atoms with Crippen molar-refractivity contribution in [2.75, 3.05) is 0 Å². The Morgan fingerprint density at radius 3 is 2.69 bits per heavy atom. The Morgan fingerprint density at radius 2 is 2.19 bits per heavy atom. The normalized spacial score (nSPS) is 14.9. The molecule has 0 aliphatic rings. The number of thioether (sulfide) groups is 1. The summed E-state index contributed by atoms with van der Waals surface area (Å²) in [6.07, 6.45) is 0. The molecule has 86 valence electrons. The van der Waals surface area contributed by atoms with Crippen LogP contribution >= 0.6 is 46.0 Å². The van der Waals surface area contributed by atoms with E-state index >= 15 is 0 Å². The highest BCUT2D eigenvalue weighted by atomic mass is 35.5. The maximum atomic E-state index is 6.04. The van der Waals surface area contributed by atoms with Crippen molar-refractivity contribution in [2.24, 2.45) is 5.73 Å². The highest BCUT2D eigenvalue weighted by molar-refractivity contribution is 8.01. The molecule has 0 spiro atoms. The summed E-state index contributed by atoms with van der Waals surface area (Å²) in [5, 5.41) is 2.37. The van der Waals surface area contributed by atoms with Crippen molar-refractivity contribution in [1.82, 2.24) is 0 Å². The first-order valence-corrected chi connectivity index (χ1v) is 7.83. The molecule has 16 heavy (non-hydrogen) atoms. The van der Waals surface area contributed by atoms with Gasteiger partial charge in [0, 0.05) is 10.9 Å². The van der Waals surface area contributed by atoms with Crippen LogP contribution in [-0.4, -0.2) is 6.04 Å². The quantitative estimate of drug-likeness (QED) is 0.830. The fourth-order valence-corrected chi connectivity index (χ4v) is 4.77. The van der Waals surface area contributed by atoms with Crippen LogP contribution < -0.4 is 5.73 Å². The number of nitrogens with two attached hydrogens (primary N) is 1. The molecule has 0 aliphatic heterocycles. The largest absolute Gasteiger partial charge is 0.327 e. The highest BCUT2D eigenvalue weighted by Crippen LogP contribution is 2.42. The zero-order valence-electron chi connectivity index (χ0n) is 8.72. The second-order valence-corrected chi connectivity index (χ2v) is 7.61. The lowest BCUT2D eigenvalue weighted by Gasteiger charge is -2.17. The first kappa shape index (κ1) is 12.5. The van der Waals surface area contributed by atoms with E-state index in [0.717, 1.165) is 4.34 Å². The van der Waals surface area contributed by atoms with Crippen molar-refractivity contribution in [3.63, 3.8) is 0 Å². The number of halogens is 1. The van der Waals surface area contributed by atoms with E-state index in [4.69, 9.17) is 17.3 Å². The molecule has 5 heteroatoms. The van der Waals surface area contributed by atoms with Gasteiger partial charge in [-0.25, -0.2) is 0 Å². The molecule has 0 fully saturated rings. The SMILES string of the molecule is CC(N)C(Sc1cccs1)c1ccc(Cl)s1. The molecular weight excluding hydrogens is 278 g/mol. The molecule has 0 saturated carbocycles. The van der Waals surface area contributed by atoms with Gasteiger partial charge in [0.15, 0.2) is 0 Å². The van der Waals surface area contributed by atoms with E-state index in [1.807, 2.05) is 24.8 Å². The van der Waals surface area contributed by atoms with Crippen LogP contribution in [0.1, 0.15) is 17.1 Å². The Hall–Kier alpha value is -0.0000000000000000278. The van der Waals surface area contributed by atoms with Crippen LogP contribution in [0.25, 0.3) is 0 Å². The zero-order chi connectivity index (χ0) is 11.5. The van der Waals surface area contributed by atoms with E-state index in [9.17, 15) is 0 Å². The Kier molecular flexibility index (Phi) is 4.33. The number of rotatable bonds is 4. The van der Waals surface area contributed by atoms with E-state index < -0.39 is 0 Å². The monoisotopic (exact) mass is 289 g/mol. The Bertz CT molecular complexity index is 436. The van der Waals surface area contributed by atoms with Gasteiger partial charge in [-0.1, -0.05) is 17.7 Å². The first-order chi connectivity index (χ1) is 7.66. The standard InChI is InChI=1S/C11H12ClNS3/c1-7(13)11(8-4-5-9(12)15-8)16-10-3-2-6-14-10/h2-7,11H,13H2,1H3. The fourth-order valence-electron chi connectivity index (χ4n) is 1.36. The predicted molar refractivity (Wildman–Crippen MR) is 75.9 cm³/mol. The summed E-state index contributed by atoms with van der Waals surface area (Å²) in [5.74, 6) is 0. The molecule has 0 aromatic carbocycles. The summed E-state index contributed by atoms with van der Waals surface area (Å²) in [5.41, 5.74) is 6.04. The lowest BCUT2D eigenvalue weighted by Crippen LogP contribution is -2.21. The van der Waals surface area contributed by atoms with Gasteiger partial charge in [0.05, 0.1) is 13.8 Å². The van der Waals surface area contributed by atoms with Crippen LogP contribution in [-0.2, 0) is 0 Å². The van der Waals surface area contributed by atoms with Crippen LogP contribution in [0.2, 0.25) is 4.34 Å². The molecule has 2 N–H and O–H groups in total. The van der Waals surface area contributed by atoms with Crippen LogP contribution in [0, 0.1) is 0 Å². The van der Waals surface area contributed by atoms with Crippen molar-refractivity contribution >= 4 is 46.0 Å². The van der Waals surface area contributed by atoms with E-state index in [1.165, 1.54) is 9.09 Å². The minimum Gasteiger partial charge on any atom is -0.327 e. The van der Waals surface area contributed by atoms with Crippen LogP contribution in [0.3, 0.4) is 0 Å². The van der Waals surface area contributed by atoms with Gasteiger partial charge in [-0.15, -0.1) is 34.4 Å². The van der Waals surface area contributed by atoms with Gasteiger partial charge in [0.1, 0.15) is 0 Å². The van der Waals surface area contributed by atoms with Crippen molar-refractivity contribution in [3.8, 4) is 0 Å². The number of hydrogen-bond donors (Lipinski definition) is 1. The van der Waals surface area contributed by atoms with E-state index in [1.54, 1.807) is 22.7 Å². The molecule has 0 amide bonds. The van der Waals surface area contributed by atoms with Gasteiger partial charge in [-0.2, -0.15) is 0 Å². The average Bonchev–Trinajstić information content (AvgIpc) is 2.84. The number of thiophene rings is 2. The van der Waals surface area contributed by atoms with Gasteiger partial charge >= 0.3 is 0 Å². The average molecular weight is 290 g/mol. The van der Waals surface area contributed by atoms with Gasteiger partial charge in [-0.05, 0) is 30.5 Å². The van der Waals surface area contributed by atoms with E-state index in [-0.39, 0.29) is 11.3 Å². The molecule has 0 saturated heterocycles. The second-order valence-electron chi connectivity index (χ2n) is 3.47. The topological polar surface area (TPSA) is 26.0 Å². The van der Waals surface area contributed by atoms with Crippen molar-refractivity contribution in [1.29, 1.82) is 0 Å². The van der Waals surface area contributed by atoms with Crippen molar-refractivity contribution < 1.29 is 0 Å². The second kappa shape index (κ2) is 5.56. The van der Waals surface area contributed by atoms with Gasteiger partial charge in [0.2, 0.25) is 0 Å². The van der Waals surface area contributed by atoms with Crippen LogP contribution in [0.15, 0.2) is 33.9 Å². The van der Waals surface area contributed by atoms with E-state index in [2.05, 4.69) is 23.6 Å². The summed E-state index contributed by atoms with van der Waals surface area (Å²) in [4.78, 5) is 1.25. The summed E-state index contributed by atoms with van der Waals surface area (Å²) >= 11 is 11.1. The summed E-state index contributed by atoms with van der Waals surface area (Å²) < 4.78 is 2.12. The van der Waals surface area contributed by atoms with Crippen molar-refractivity contribution in [2.45, 2.75) is 22.4 Å². The lowest BCUT2D eigenvalue weighted by molar-refractivity contribution is 0.730. The maximum absolute atomic E-state index is 6.04. The molecular formula is C11H12ClNS3. The predicted octanol–water partition coefficient (Wildman–Crippen LogP) is 4.64. The molecule has 2 aromatic rings. The first-order valence-electron chi connectivity index (χ1n) is 4.88. The summed E-state index contributed by atoms with van der Waals surface area (Å²) in [6.45, 7) is 2.04. The molecule has 2 heterocycles. The third-order valence-corrected chi connectivity index (χ3v) is 6.10. The Morgan fingerprint density at radius 1 is 1.38 bits per heavy atom. The minimum absolute atomic E-state index is 0.113. The Labute approximate surface area is 113 Å². The van der Waals surface area contributed by atoms with E-state index in [0.29, 0.717) is 0 Å². The van der Waals surface area contributed by atoms with Gasteiger partial charge < -0.3 is 5.73 Å². The molecule has 2 atom stereocenters. The third kappa shape index (κ3) is 3.02. The zero-order valence-corrected chi connectivity index (χ0v) is 11.9. The van der Waals surface area contributed by atoms with Crippen LogP contribution in [0.4, 0.5) is 0 Å². The lowest BCUT2D eigenvalue weighted by atomic mass is 10.2. The summed E-state index contributed by atoms with van der Waals surface area (Å²) in [6, 6.07) is 8.31. The molecule has 2 aromatic heterocycles. The smallest absolute Gasteiger partial charge is 0.0931 e. The molecule has 1 nitrogen and oxygen atoms in total. The Balaban J connectivity index is 2.18.